The molecule has 7 nitrogen and oxygen atoms in total. The molecule has 0 aromatic heterocycles. The van der Waals surface area contributed by atoms with E-state index in [9.17, 15) is 13.2 Å². The maximum Gasteiger partial charge on any atom is 0.251 e. The molecule has 8 heteroatoms. The van der Waals surface area contributed by atoms with Crippen molar-refractivity contribution >= 4 is 15.9 Å². The number of ether oxygens (including phenoxy) is 1. The predicted molar refractivity (Wildman–Crippen MR) is 105 cm³/mol. The molecule has 0 atom stereocenters. The lowest BCUT2D eigenvalue weighted by Gasteiger charge is -2.40. The van der Waals surface area contributed by atoms with Gasteiger partial charge in [-0.15, -0.1) is 0 Å². The summed E-state index contributed by atoms with van der Waals surface area (Å²) in [5.74, 6) is -0.270. The molecule has 2 rings (SSSR count). The van der Waals surface area contributed by atoms with Crippen LogP contribution in [0.2, 0.25) is 0 Å². The standard InChI is InChI=1S/C19H31N3O4S/c1-5-22(6-2)27(24,25)17-9-7-8-16(14-17)18(23)20-15-19(3,4)21-10-12-26-13-11-21/h7-9,14H,5-6,10-13,15H2,1-4H3,(H,20,23). The third-order valence-electron chi connectivity index (χ3n) is 4.99. The van der Waals surface area contributed by atoms with Crippen LogP contribution in [0.3, 0.4) is 0 Å². The van der Waals surface area contributed by atoms with Gasteiger partial charge in [0.2, 0.25) is 10.0 Å². The molecule has 152 valence electrons. The van der Waals surface area contributed by atoms with E-state index in [1.807, 2.05) is 0 Å². The quantitative estimate of drug-likeness (QED) is 0.720. The average molecular weight is 398 g/mol. The Balaban J connectivity index is 2.09. The summed E-state index contributed by atoms with van der Waals surface area (Å²) in [5.41, 5.74) is 0.144. The van der Waals surface area contributed by atoms with Gasteiger partial charge in [-0.25, -0.2) is 8.42 Å². The van der Waals surface area contributed by atoms with Gasteiger partial charge in [0.1, 0.15) is 0 Å². The van der Waals surface area contributed by atoms with Crippen molar-refractivity contribution in [2.75, 3.05) is 45.9 Å². The van der Waals surface area contributed by atoms with Gasteiger partial charge in [0.25, 0.3) is 5.91 Å². The van der Waals surface area contributed by atoms with Crippen molar-refractivity contribution in [1.29, 1.82) is 0 Å². The molecule has 0 bridgehead atoms. The van der Waals surface area contributed by atoms with Crippen molar-refractivity contribution in [1.82, 2.24) is 14.5 Å². The first-order valence-electron chi connectivity index (χ1n) is 9.43. The monoisotopic (exact) mass is 397 g/mol. The van der Waals surface area contributed by atoms with Crippen LogP contribution in [-0.2, 0) is 14.8 Å². The Labute approximate surface area is 162 Å². The molecule has 1 aromatic carbocycles. The van der Waals surface area contributed by atoms with Crippen LogP contribution in [0.5, 0.6) is 0 Å². The summed E-state index contributed by atoms with van der Waals surface area (Å²) in [7, 11) is -3.59. The van der Waals surface area contributed by atoms with Crippen LogP contribution in [0.15, 0.2) is 29.2 Å². The van der Waals surface area contributed by atoms with E-state index >= 15 is 0 Å². The van der Waals surface area contributed by atoms with Crippen LogP contribution in [-0.4, -0.2) is 75.0 Å². The molecule has 1 saturated heterocycles. The first-order chi connectivity index (χ1) is 12.7. The minimum Gasteiger partial charge on any atom is -0.379 e. The topological polar surface area (TPSA) is 79.0 Å². The Hall–Kier alpha value is -1.48. The minimum absolute atomic E-state index is 0.145. The van der Waals surface area contributed by atoms with Gasteiger partial charge in [-0.05, 0) is 32.0 Å². The maximum absolute atomic E-state index is 12.7. The third-order valence-corrected chi connectivity index (χ3v) is 7.03. The van der Waals surface area contributed by atoms with Crippen LogP contribution < -0.4 is 5.32 Å². The second kappa shape index (κ2) is 9.14. The summed E-state index contributed by atoms with van der Waals surface area (Å²) in [5, 5.41) is 2.94. The van der Waals surface area contributed by atoms with Gasteiger partial charge in [-0.2, -0.15) is 4.31 Å². The van der Waals surface area contributed by atoms with Crippen LogP contribution in [0.1, 0.15) is 38.1 Å². The number of hydrogen-bond acceptors (Lipinski definition) is 5. The SMILES string of the molecule is CCN(CC)S(=O)(=O)c1cccc(C(=O)NCC(C)(C)N2CCOCC2)c1. The molecule has 0 unspecified atom stereocenters. The van der Waals surface area contributed by atoms with Crippen LogP contribution in [0, 0.1) is 0 Å². The highest BCUT2D eigenvalue weighted by Crippen LogP contribution is 2.18. The largest absolute Gasteiger partial charge is 0.379 e. The van der Waals surface area contributed by atoms with Crippen molar-refractivity contribution < 1.29 is 17.9 Å². The molecule has 1 aromatic rings. The molecule has 1 aliphatic rings. The molecule has 1 aliphatic heterocycles. The third kappa shape index (κ3) is 5.28. The number of carbonyl (C=O) groups is 1. The zero-order valence-corrected chi connectivity index (χ0v) is 17.5. The van der Waals surface area contributed by atoms with E-state index in [-0.39, 0.29) is 16.3 Å². The van der Waals surface area contributed by atoms with E-state index < -0.39 is 10.0 Å². The molecule has 0 spiro atoms. The zero-order valence-electron chi connectivity index (χ0n) is 16.7. The minimum atomic E-state index is -3.59. The van der Waals surface area contributed by atoms with Crippen molar-refractivity contribution in [3.63, 3.8) is 0 Å². The van der Waals surface area contributed by atoms with Crippen LogP contribution >= 0.6 is 0 Å². The number of benzene rings is 1. The molecule has 0 aliphatic carbocycles. The zero-order chi connectivity index (χ0) is 20.1. The highest BCUT2D eigenvalue weighted by atomic mass is 32.2. The summed E-state index contributed by atoms with van der Waals surface area (Å²) in [4.78, 5) is 15.0. The number of nitrogens with zero attached hydrogens (tertiary/aromatic N) is 2. The Kier molecular flexibility index (Phi) is 7.39. The van der Waals surface area contributed by atoms with E-state index in [0.29, 0.717) is 38.4 Å². The predicted octanol–water partition coefficient (Wildman–Crippen LogP) is 1.56. The number of nitrogens with one attached hydrogen (secondary N) is 1. The Bertz CT molecular complexity index is 739. The smallest absolute Gasteiger partial charge is 0.251 e. The van der Waals surface area contributed by atoms with E-state index in [1.54, 1.807) is 26.0 Å². The molecular formula is C19H31N3O4S. The van der Waals surface area contributed by atoms with Gasteiger partial charge in [0.05, 0.1) is 18.1 Å². The second-order valence-electron chi connectivity index (χ2n) is 7.21. The molecule has 1 heterocycles. The summed E-state index contributed by atoms with van der Waals surface area (Å²) in [6.45, 7) is 12.1. The molecule has 27 heavy (non-hydrogen) atoms. The Morgan fingerprint density at radius 2 is 1.85 bits per heavy atom. The van der Waals surface area contributed by atoms with Crippen LogP contribution in [0.4, 0.5) is 0 Å². The number of sulfonamides is 1. The summed E-state index contributed by atoms with van der Waals surface area (Å²) in [6.07, 6.45) is 0. The number of morpholine rings is 1. The van der Waals surface area contributed by atoms with Crippen molar-refractivity contribution in [3.8, 4) is 0 Å². The maximum atomic E-state index is 12.7. The van der Waals surface area contributed by atoms with Gasteiger partial charge < -0.3 is 10.1 Å². The molecule has 1 fully saturated rings. The number of hydrogen-bond donors (Lipinski definition) is 1. The fourth-order valence-corrected chi connectivity index (χ4v) is 4.69. The van der Waals surface area contributed by atoms with Gasteiger partial charge in [-0.1, -0.05) is 19.9 Å². The van der Waals surface area contributed by atoms with Crippen LogP contribution in [0.25, 0.3) is 0 Å². The fraction of sp³-hybridized carbons (Fsp3) is 0.632. The summed E-state index contributed by atoms with van der Waals surface area (Å²) >= 11 is 0. The van der Waals surface area contributed by atoms with Gasteiger partial charge in [0, 0.05) is 43.8 Å². The number of amides is 1. The first kappa shape index (κ1) is 21.8. The second-order valence-corrected chi connectivity index (χ2v) is 9.15. The van der Waals surface area contributed by atoms with Crippen molar-refractivity contribution in [3.05, 3.63) is 29.8 Å². The molecule has 0 radical (unpaired) electrons. The van der Waals surface area contributed by atoms with Gasteiger partial charge in [-0.3, -0.25) is 9.69 Å². The highest BCUT2D eigenvalue weighted by Gasteiger charge is 2.29. The normalized spacial score (nSPS) is 16.5. The Morgan fingerprint density at radius 3 is 2.44 bits per heavy atom. The fourth-order valence-electron chi connectivity index (χ4n) is 3.19. The Morgan fingerprint density at radius 1 is 1.22 bits per heavy atom. The number of carbonyl (C=O) groups excluding carboxylic acids is 1. The van der Waals surface area contributed by atoms with E-state index in [0.717, 1.165) is 13.1 Å². The van der Waals surface area contributed by atoms with Gasteiger partial charge in [0.15, 0.2) is 0 Å². The molecule has 1 N–H and O–H groups in total. The lowest BCUT2D eigenvalue weighted by Crippen LogP contribution is -2.55. The van der Waals surface area contributed by atoms with E-state index in [1.165, 1.54) is 16.4 Å². The first-order valence-corrected chi connectivity index (χ1v) is 10.9. The van der Waals surface area contributed by atoms with E-state index in [4.69, 9.17) is 4.74 Å². The number of rotatable bonds is 8. The lowest BCUT2D eigenvalue weighted by atomic mass is 10.0. The molecule has 1 amide bonds. The van der Waals surface area contributed by atoms with Gasteiger partial charge >= 0.3 is 0 Å². The summed E-state index contributed by atoms with van der Waals surface area (Å²) < 4.78 is 32.1. The van der Waals surface area contributed by atoms with Crippen molar-refractivity contribution in [2.24, 2.45) is 0 Å². The van der Waals surface area contributed by atoms with E-state index in [2.05, 4.69) is 24.1 Å². The molecular weight excluding hydrogens is 366 g/mol. The lowest BCUT2D eigenvalue weighted by molar-refractivity contribution is -0.00923. The summed E-state index contributed by atoms with van der Waals surface area (Å²) in [6, 6.07) is 6.23. The average Bonchev–Trinajstić information content (AvgIpc) is 2.67. The highest BCUT2D eigenvalue weighted by molar-refractivity contribution is 7.89. The molecule has 0 saturated carbocycles. The van der Waals surface area contributed by atoms with Crippen molar-refractivity contribution in [2.45, 2.75) is 38.1 Å².